The number of carbonyl (C=O) groups excluding carboxylic acids is 3. The summed E-state index contributed by atoms with van der Waals surface area (Å²) in [4.78, 5) is 43.2. The van der Waals surface area contributed by atoms with Crippen LogP contribution in [-0.4, -0.2) is 40.0 Å². The van der Waals surface area contributed by atoms with E-state index in [1.807, 2.05) is 19.1 Å². The van der Waals surface area contributed by atoms with Gasteiger partial charge in [0.2, 0.25) is 5.91 Å². The molecule has 51 heavy (non-hydrogen) atoms. The lowest BCUT2D eigenvalue weighted by molar-refractivity contribution is -0.122. The van der Waals surface area contributed by atoms with E-state index in [2.05, 4.69) is 30.3 Å². The lowest BCUT2D eigenvalue weighted by Crippen LogP contribution is -2.42. The van der Waals surface area contributed by atoms with Crippen LogP contribution in [0.1, 0.15) is 50.3 Å². The third kappa shape index (κ3) is 8.42. The second-order valence-corrected chi connectivity index (χ2v) is 15.0. The van der Waals surface area contributed by atoms with E-state index in [0.29, 0.717) is 17.0 Å². The summed E-state index contributed by atoms with van der Waals surface area (Å²) in [5, 5.41) is 17.9. The Balaban J connectivity index is 1.55. The molecule has 3 amide bonds. The monoisotopic (exact) mass is 786 g/mol. The molecule has 266 valence electrons. The second-order valence-electron chi connectivity index (χ2n) is 12.2. The molecule has 4 aromatic rings. The van der Waals surface area contributed by atoms with Crippen LogP contribution in [0, 0.1) is 13.8 Å². The van der Waals surface area contributed by atoms with Crippen LogP contribution in [0.15, 0.2) is 76.7 Å². The Kier molecular flexibility index (Phi) is 11.8. The van der Waals surface area contributed by atoms with Crippen molar-refractivity contribution in [3.63, 3.8) is 0 Å². The van der Waals surface area contributed by atoms with Gasteiger partial charge in [-0.1, -0.05) is 77.9 Å². The van der Waals surface area contributed by atoms with Crippen molar-refractivity contribution < 1.29 is 24.2 Å². The highest BCUT2D eigenvalue weighted by Crippen LogP contribution is 2.43. The third-order valence-corrected chi connectivity index (χ3v) is 10.3. The van der Waals surface area contributed by atoms with Gasteiger partial charge in [0.1, 0.15) is 17.2 Å². The van der Waals surface area contributed by atoms with Crippen molar-refractivity contribution in [2.75, 3.05) is 15.2 Å². The topological polar surface area (TPSA) is 112 Å². The summed E-state index contributed by atoms with van der Waals surface area (Å²) in [7, 11) is 0. The standard InChI is InChI=1S/C37H34Cl4N4O5S/c1-18(2)26-13-19(3)7-12-32(26)51-34-35(43-45(37(34)49)33-28(40)15-23(38)16-29(33)41)44(22(6)46)30-17-24(8-10-27(30)39)42-36(48)21(5)50-25-9-11-31(47)20(4)14-25/h7-18,21,34,47H,1-6H3,(H,42,48). The average Bonchev–Trinajstić information content (AvgIpc) is 3.34. The van der Waals surface area contributed by atoms with E-state index in [0.717, 1.165) is 21.0 Å². The Morgan fingerprint density at radius 1 is 0.941 bits per heavy atom. The fraction of sp³-hybridized carbons (Fsp3) is 0.243. The van der Waals surface area contributed by atoms with Crippen LogP contribution in [0.5, 0.6) is 11.5 Å². The van der Waals surface area contributed by atoms with Crippen molar-refractivity contribution in [3.8, 4) is 11.5 Å². The molecule has 1 aliphatic heterocycles. The highest BCUT2D eigenvalue weighted by molar-refractivity contribution is 8.01. The highest BCUT2D eigenvalue weighted by atomic mass is 35.5. The average molecular weight is 789 g/mol. The number of hydrogen-bond donors (Lipinski definition) is 2. The summed E-state index contributed by atoms with van der Waals surface area (Å²) in [5.41, 5.74) is 3.26. The zero-order chi connectivity index (χ0) is 37.3. The summed E-state index contributed by atoms with van der Waals surface area (Å²) in [6.07, 6.45) is -0.929. The van der Waals surface area contributed by atoms with Gasteiger partial charge in [-0.25, -0.2) is 0 Å². The maximum atomic E-state index is 14.4. The molecule has 2 N–H and O–H groups in total. The summed E-state index contributed by atoms with van der Waals surface area (Å²) in [5.74, 6) is -0.787. The minimum atomic E-state index is -1.05. The van der Waals surface area contributed by atoms with Crippen molar-refractivity contribution in [2.24, 2.45) is 5.10 Å². The van der Waals surface area contributed by atoms with Gasteiger partial charge in [-0.2, -0.15) is 5.01 Å². The largest absolute Gasteiger partial charge is 0.508 e. The Morgan fingerprint density at radius 2 is 1.63 bits per heavy atom. The van der Waals surface area contributed by atoms with Crippen molar-refractivity contribution in [3.05, 3.63) is 104 Å². The highest BCUT2D eigenvalue weighted by Gasteiger charge is 2.44. The molecule has 0 spiro atoms. The summed E-state index contributed by atoms with van der Waals surface area (Å²) in [6, 6.07) is 18.1. The number of phenols is 1. The number of benzene rings is 4. The molecule has 5 rings (SSSR count). The number of thioether (sulfide) groups is 1. The number of amides is 3. The predicted octanol–water partition coefficient (Wildman–Crippen LogP) is 10.0. The predicted molar refractivity (Wildman–Crippen MR) is 207 cm³/mol. The third-order valence-electron chi connectivity index (χ3n) is 7.94. The zero-order valence-corrected chi connectivity index (χ0v) is 32.3. The molecule has 0 saturated heterocycles. The maximum absolute atomic E-state index is 14.4. The van der Waals surface area contributed by atoms with Crippen LogP contribution >= 0.6 is 58.2 Å². The number of nitrogens with zero attached hydrogens (tertiary/aromatic N) is 3. The van der Waals surface area contributed by atoms with Crippen LogP contribution in [0.3, 0.4) is 0 Å². The van der Waals surface area contributed by atoms with E-state index in [-0.39, 0.29) is 49.0 Å². The molecular formula is C37H34Cl4N4O5S. The van der Waals surface area contributed by atoms with E-state index < -0.39 is 29.1 Å². The number of hydrogen-bond acceptors (Lipinski definition) is 7. The van der Waals surface area contributed by atoms with Crippen LogP contribution < -0.4 is 20.0 Å². The maximum Gasteiger partial charge on any atom is 0.268 e. The number of anilines is 3. The smallest absolute Gasteiger partial charge is 0.268 e. The lowest BCUT2D eigenvalue weighted by atomic mass is 10.0. The second kappa shape index (κ2) is 15.8. The van der Waals surface area contributed by atoms with Crippen molar-refractivity contribution >= 4 is 98.8 Å². The SMILES string of the molecule is CC(=O)N(C1=NN(c2c(Cl)cc(Cl)cc2Cl)C(=O)C1Sc1ccc(C)cc1C(C)C)c1cc(NC(=O)C(C)Oc2ccc(O)c(C)c2)ccc1Cl. The molecule has 1 aliphatic rings. The lowest BCUT2D eigenvalue weighted by Gasteiger charge is -2.26. The minimum Gasteiger partial charge on any atom is -0.508 e. The van der Waals surface area contributed by atoms with Crippen molar-refractivity contribution in [1.82, 2.24) is 0 Å². The minimum absolute atomic E-state index is 0.0552. The molecule has 0 fully saturated rings. The number of amidine groups is 1. The van der Waals surface area contributed by atoms with Gasteiger partial charge in [0.05, 0.1) is 20.8 Å². The van der Waals surface area contributed by atoms with Crippen molar-refractivity contribution in [1.29, 1.82) is 0 Å². The first-order valence-electron chi connectivity index (χ1n) is 15.8. The van der Waals surface area contributed by atoms with Crippen LogP contribution in [0.4, 0.5) is 17.1 Å². The Labute approximate surface area is 320 Å². The zero-order valence-electron chi connectivity index (χ0n) is 28.4. The van der Waals surface area contributed by atoms with E-state index in [1.54, 1.807) is 32.0 Å². The van der Waals surface area contributed by atoms with E-state index >= 15 is 0 Å². The molecule has 9 nitrogen and oxygen atoms in total. The fourth-order valence-corrected chi connectivity index (χ4v) is 7.83. The molecule has 14 heteroatoms. The summed E-state index contributed by atoms with van der Waals surface area (Å²) in [6.45, 7) is 10.7. The van der Waals surface area contributed by atoms with Gasteiger partial charge < -0.3 is 15.2 Å². The van der Waals surface area contributed by atoms with Gasteiger partial charge >= 0.3 is 0 Å². The van der Waals surface area contributed by atoms with Gasteiger partial charge in [-0.15, -0.1) is 16.9 Å². The summed E-state index contributed by atoms with van der Waals surface area (Å²) < 4.78 is 5.79. The molecule has 0 aliphatic carbocycles. The van der Waals surface area contributed by atoms with Gasteiger partial charge in [-0.3, -0.25) is 19.3 Å². The number of nitrogens with one attached hydrogen (secondary N) is 1. The number of hydrazone groups is 1. The number of rotatable bonds is 9. The van der Waals surface area contributed by atoms with E-state index in [4.69, 9.17) is 51.1 Å². The van der Waals surface area contributed by atoms with E-state index in [9.17, 15) is 19.5 Å². The number of aryl methyl sites for hydroxylation is 2. The molecule has 0 radical (unpaired) electrons. The molecule has 0 bridgehead atoms. The normalized spacial score (nSPS) is 14.8. The molecule has 2 atom stereocenters. The Bertz CT molecular complexity index is 2050. The van der Waals surface area contributed by atoms with Gasteiger partial charge in [0.15, 0.2) is 17.2 Å². The number of ether oxygens (including phenoxy) is 1. The molecule has 4 aromatic carbocycles. The molecule has 0 aromatic heterocycles. The van der Waals surface area contributed by atoms with Crippen LogP contribution in [0.2, 0.25) is 20.1 Å². The first-order valence-corrected chi connectivity index (χ1v) is 18.2. The van der Waals surface area contributed by atoms with E-state index in [1.165, 1.54) is 53.9 Å². The molecule has 2 unspecified atom stereocenters. The number of phenolic OH excluding ortho intramolecular Hbond substituents is 1. The van der Waals surface area contributed by atoms with Gasteiger partial charge in [0, 0.05) is 22.5 Å². The number of halogens is 4. The first kappa shape index (κ1) is 38.3. The Morgan fingerprint density at radius 3 is 2.25 bits per heavy atom. The van der Waals surface area contributed by atoms with Crippen LogP contribution in [-0.2, 0) is 14.4 Å². The first-order chi connectivity index (χ1) is 24.0. The fourth-order valence-electron chi connectivity index (χ4n) is 5.36. The number of carbonyl (C=O) groups is 3. The quantitative estimate of drug-likeness (QED) is 0.175. The van der Waals surface area contributed by atoms with Gasteiger partial charge in [-0.05, 0) is 92.4 Å². The summed E-state index contributed by atoms with van der Waals surface area (Å²) >= 11 is 27.3. The Hall–Kier alpha value is -3.93. The van der Waals surface area contributed by atoms with Crippen molar-refractivity contribution in [2.45, 2.75) is 63.7 Å². The molecular weight excluding hydrogens is 754 g/mol. The molecule has 0 saturated carbocycles. The molecule has 1 heterocycles. The number of aromatic hydroxyl groups is 1. The van der Waals surface area contributed by atoms with Gasteiger partial charge in [0.25, 0.3) is 11.8 Å². The van der Waals surface area contributed by atoms with Crippen LogP contribution in [0.25, 0.3) is 0 Å².